The van der Waals surface area contributed by atoms with Crippen LogP contribution in [0.25, 0.3) is 0 Å². The summed E-state index contributed by atoms with van der Waals surface area (Å²) in [6.07, 6.45) is 2.24. The molecule has 1 aliphatic rings. The molecule has 0 radical (unpaired) electrons. The summed E-state index contributed by atoms with van der Waals surface area (Å²) in [7, 11) is 1.62. The Hall–Kier alpha value is -1.55. The maximum Gasteiger partial charge on any atom is 0.306 e. The first-order valence-corrected chi connectivity index (χ1v) is 6.62. The van der Waals surface area contributed by atoms with E-state index < -0.39 is 5.97 Å². The van der Waals surface area contributed by atoms with Gasteiger partial charge in [-0.05, 0) is 42.9 Å². The van der Waals surface area contributed by atoms with E-state index >= 15 is 0 Å². The van der Waals surface area contributed by atoms with Gasteiger partial charge in [-0.25, -0.2) is 0 Å². The Kier molecular flexibility index (Phi) is 4.80. The summed E-state index contributed by atoms with van der Waals surface area (Å²) < 4.78 is 10.4. The molecule has 2 rings (SSSR count). The normalized spacial score (nSPS) is 20.2. The van der Waals surface area contributed by atoms with E-state index in [0.717, 1.165) is 24.3 Å². The largest absolute Gasteiger partial charge is 0.497 e. The van der Waals surface area contributed by atoms with Gasteiger partial charge in [-0.3, -0.25) is 4.79 Å². The summed E-state index contributed by atoms with van der Waals surface area (Å²) in [5.74, 6) is 0.127. The van der Waals surface area contributed by atoms with Gasteiger partial charge in [0.1, 0.15) is 5.75 Å². The molecule has 0 aliphatic carbocycles. The monoisotopic (exact) mass is 264 g/mol. The maximum atomic E-state index is 11.3. The van der Waals surface area contributed by atoms with Crippen LogP contribution in [0.2, 0.25) is 0 Å². The highest BCUT2D eigenvalue weighted by atomic mass is 16.5. The van der Waals surface area contributed by atoms with Crippen molar-refractivity contribution in [3.8, 4) is 5.75 Å². The Morgan fingerprint density at radius 1 is 1.47 bits per heavy atom. The number of ether oxygens (including phenoxy) is 2. The fraction of sp³-hybridized carbons (Fsp3) is 0.533. The van der Waals surface area contributed by atoms with Crippen LogP contribution in [-0.2, 0) is 16.0 Å². The van der Waals surface area contributed by atoms with Crippen molar-refractivity contribution in [2.75, 3.05) is 20.3 Å². The van der Waals surface area contributed by atoms with Crippen molar-refractivity contribution in [1.82, 2.24) is 0 Å². The number of carboxylic acid groups (broad SMARTS) is 1. The van der Waals surface area contributed by atoms with Gasteiger partial charge in [-0.2, -0.15) is 0 Å². The third-order valence-electron chi connectivity index (χ3n) is 3.63. The predicted octanol–water partition coefficient (Wildman–Crippen LogP) is 2.37. The zero-order valence-electron chi connectivity index (χ0n) is 11.2. The maximum absolute atomic E-state index is 11.3. The Labute approximate surface area is 113 Å². The van der Waals surface area contributed by atoms with E-state index in [9.17, 15) is 9.90 Å². The molecule has 104 valence electrons. The van der Waals surface area contributed by atoms with Gasteiger partial charge in [0.15, 0.2) is 0 Å². The number of methoxy groups -OCH3 is 1. The quantitative estimate of drug-likeness (QED) is 0.857. The second-order valence-corrected chi connectivity index (χ2v) is 5.05. The minimum Gasteiger partial charge on any atom is -0.497 e. The van der Waals surface area contributed by atoms with Crippen LogP contribution in [0.1, 0.15) is 18.4 Å². The second kappa shape index (κ2) is 6.57. The smallest absolute Gasteiger partial charge is 0.306 e. The van der Waals surface area contributed by atoms with E-state index in [-0.39, 0.29) is 5.92 Å². The number of aliphatic carboxylic acids is 1. The van der Waals surface area contributed by atoms with Crippen molar-refractivity contribution in [3.63, 3.8) is 0 Å². The molecule has 2 unspecified atom stereocenters. The summed E-state index contributed by atoms with van der Waals surface area (Å²) in [6.45, 7) is 1.46. The van der Waals surface area contributed by atoms with Gasteiger partial charge in [0.2, 0.25) is 0 Å². The molecule has 4 heteroatoms. The van der Waals surface area contributed by atoms with Crippen molar-refractivity contribution < 1.29 is 19.4 Å². The fourth-order valence-electron chi connectivity index (χ4n) is 2.49. The molecule has 2 atom stereocenters. The van der Waals surface area contributed by atoms with E-state index in [1.165, 1.54) is 0 Å². The predicted molar refractivity (Wildman–Crippen MR) is 71.4 cm³/mol. The van der Waals surface area contributed by atoms with Crippen molar-refractivity contribution >= 4 is 5.97 Å². The van der Waals surface area contributed by atoms with Crippen LogP contribution < -0.4 is 4.74 Å². The highest BCUT2D eigenvalue weighted by Crippen LogP contribution is 2.24. The van der Waals surface area contributed by atoms with E-state index in [1.807, 2.05) is 24.3 Å². The van der Waals surface area contributed by atoms with Crippen LogP contribution in [0, 0.1) is 11.8 Å². The average molecular weight is 264 g/mol. The molecule has 0 spiro atoms. The molecule has 1 aliphatic heterocycles. The summed E-state index contributed by atoms with van der Waals surface area (Å²) in [4.78, 5) is 11.3. The minimum atomic E-state index is -0.720. The lowest BCUT2D eigenvalue weighted by molar-refractivity contribution is -0.142. The van der Waals surface area contributed by atoms with E-state index in [4.69, 9.17) is 9.47 Å². The van der Waals surface area contributed by atoms with Crippen molar-refractivity contribution in [1.29, 1.82) is 0 Å². The lowest BCUT2D eigenvalue weighted by atomic mass is 9.89. The third-order valence-corrected chi connectivity index (χ3v) is 3.63. The van der Waals surface area contributed by atoms with E-state index in [2.05, 4.69) is 0 Å². The van der Waals surface area contributed by atoms with E-state index in [0.29, 0.717) is 25.4 Å². The third kappa shape index (κ3) is 3.96. The van der Waals surface area contributed by atoms with Crippen LogP contribution in [0.15, 0.2) is 24.3 Å². The van der Waals surface area contributed by atoms with Gasteiger partial charge in [0.25, 0.3) is 0 Å². The molecule has 1 saturated heterocycles. The van der Waals surface area contributed by atoms with Crippen LogP contribution in [0.3, 0.4) is 0 Å². The first-order chi connectivity index (χ1) is 9.19. The number of benzene rings is 1. The topological polar surface area (TPSA) is 55.8 Å². The second-order valence-electron chi connectivity index (χ2n) is 5.05. The Morgan fingerprint density at radius 3 is 2.74 bits per heavy atom. The van der Waals surface area contributed by atoms with Crippen molar-refractivity contribution in [2.24, 2.45) is 11.8 Å². The molecule has 1 heterocycles. The van der Waals surface area contributed by atoms with Gasteiger partial charge in [-0.15, -0.1) is 0 Å². The Morgan fingerprint density at radius 2 is 2.21 bits per heavy atom. The molecule has 1 fully saturated rings. The number of carbonyl (C=O) groups is 1. The van der Waals surface area contributed by atoms with Crippen LogP contribution in [0.4, 0.5) is 0 Å². The molecule has 1 aromatic carbocycles. The SMILES string of the molecule is COc1ccc(CC(CC2CCOC2)C(=O)O)cc1. The Bertz CT molecular complexity index is 407. The molecule has 19 heavy (non-hydrogen) atoms. The van der Waals surface area contributed by atoms with Gasteiger partial charge >= 0.3 is 5.97 Å². The molecule has 4 nitrogen and oxygen atoms in total. The molecule has 0 bridgehead atoms. The molecular weight excluding hydrogens is 244 g/mol. The number of hydrogen-bond donors (Lipinski definition) is 1. The summed E-state index contributed by atoms with van der Waals surface area (Å²) in [5.41, 5.74) is 1.03. The number of rotatable bonds is 6. The number of hydrogen-bond acceptors (Lipinski definition) is 3. The fourth-order valence-corrected chi connectivity index (χ4v) is 2.49. The first kappa shape index (κ1) is 13.9. The molecule has 0 aromatic heterocycles. The molecule has 0 saturated carbocycles. The summed E-state index contributed by atoms with van der Waals surface area (Å²) >= 11 is 0. The minimum absolute atomic E-state index is 0.333. The lowest BCUT2D eigenvalue weighted by Gasteiger charge is -2.16. The molecular formula is C15H20O4. The van der Waals surface area contributed by atoms with Gasteiger partial charge < -0.3 is 14.6 Å². The molecule has 1 N–H and O–H groups in total. The summed E-state index contributed by atoms with van der Waals surface area (Å²) in [5, 5.41) is 9.33. The summed E-state index contributed by atoms with van der Waals surface area (Å²) in [6, 6.07) is 7.60. The van der Waals surface area contributed by atoms with Crippen LogP contribution >= 0.6 is 0 Å². The average Bonchev–Trinajstić information content (AvgIpc) is 2.91. The Balaban J connectivity index is 1.96. The number of carboxylic acids is 1. The van der Waals surface area contributed by atoms with Gasteiger partial charge in [-0.1, -0.05) is 12.1 Å². The highest BCUT2D eigenvalue weighted by Gasteiger charge is 2.25. The molecule has 0 amide bonds. The van der Waals surface area contributed by atoms with Crippen LogP contribution in [-0.4, -0.2) is 31.4 Å². The lowest BCUT2D eigenvalue weighted by Crippen LogP contribution is -2.20. The highest BCUT2D eigenvalue weighted by molar-refractivity contribution is 5.70. The first-order valence-electron chi connectivity index (χ1n) is 6.62. The van der Waals surface area contributed by atoms with Crippen molar-refractivity contribution in [3.05, 3.63) is 29.8 Å². The van der Waals surface area contributed by atoms with Gasteiger partial charge in [0.05, 0.1) is 13.0 Å². The zero-order chi connectivity index (χ0) is 13.7. The van der Waals surface area contributed by atoms with Crippen molar-refractivity contribution in [2.45, 2.75) is 19.3 Å². The van der Waals surface area contributed by atoms with Gasteiger partial charge in [0, 0.05) is 13.2 Å². The van der Waals surface area contributed by atoms with E-state index in [1.54, 1.807) is 7.11 Å². The molecule has 1 aromatic rings. The zero-order valence-corrected chi connectivity index (χ0v) is 11.2. The van der Waals surface area contributed by atoms with Crippen LogP contribution in [0.5, 0.6) is 5.75 Å². The standard InChI is InChI=1S/C15H20O4/c1-18-14-4-2-11(3-5-14)8-13(15(16)17)9-12-6-7-19-10-12/h2-5,12-13H,6-10H2,1H3,(H,16,17).